The van der Waals surface area contributed by atoms with Crippen molar-refractivity contribution in [3.63, 3.8) is 0 Å². The number of carbonyl (C=O) groups is 4. The molecule has 2 aromatic heterocycles. The number of rotatable bonds is 9. The van der Waals surface area contributed by atoms with Crippen LogP contribution in [0.25, 0.3) is 44.5 Å². The van der Waals surface area contributed by atoms with Gasteiger partial charge < -0.3 is 35.6 Å². The Morgan fingerprint density at radius 1 is 0.640 bits per heavy atom. The number of fused-ring (bicyclic) bond motifs is 2. The first-order chi connectivity index (χ1) is 36.1. The van der Waals surface area contributed by atoms with E-state index in [4.69, 9.17) is 9.05 Å². The van der Waals surface area contributed by atoms with E-state index in [1.54, 1.807) is 29.2 Å². The Labute approximate surface area is 443 Å². The first kappa shape index (κ1) is 52.3. The molecule has 2 aliphatic heterocycles. The van der Waals surface area contributed by atoms with Crippen LogP contribution in [-0.2, 0) is 19.2 Å². The lowest BCUT2D eigenvalue weighted by Gasteiger charge is -2.30. The van der Waals surface area contributed by atoms with Crippen LogP contribution in [0.15, 0.2) is 159 Å². The van der Waals surface area contributed by atoms with E-state index in [-0.39, 0.29) is 66.7 Å². The number of anilines is 1. The van der Waals surface area contributed by atoms with Gasteiger partial charge in [0, 0.05) is 51.4 Å². The SMILES string of the molecule is CC1(C)C(=O)N(c2ccc3c(-c4ccc(F)cc4)noc3c2)[C@H](c2ccccc2)[C@H]1NC(=O)C1CC1.CC1(C)C(=O)N[C@H](c2ccccc2)[C@H]1NC(=O)C1CC1.CN.Fc1ccc(-c2noc3cc(Br)ccc23)cc1.[HH]. The summed E-state index contributed by atoms with van der Waals surface area (Å²) in [6.07, 6.45) is 3.73. The molecule has 4 heterocycles. The summed E-state index contributed by atoms with van der Waals surface area (Å²) < 4.78 is 38.1. The van der Waals surface area contributed by atoms with E-state index in [2.05, 4.69) is 47.9 Å². The summed E-state index contributed by atoms with van der Waals surface area (Å²) in [5, 5.41) is 19.2. The Morgan fingerprint density at radius 3 is 1.61 bits per heavy atom. The van der Waals surface area contributed by atoms with E-state index in [1.165, 1.54) is 31.3 Å². The Bertz CT molecular complexity index is 3350. The van der Waals surface area contributed by atoms with E-state index in [0.717, 1.165) is 68.9 Å². The highest BCUT2D eigenvalue weighted by molar-refractivity contribution is 9.10. The summed E-state index contributed by atoms with van der Waals surface area (Å²) in [4.78, 5) is 52.7. The number of carbonyl (C=O) groups excluding carboxylic acids is 4. The van der Waals surface area contributed by atoms with Gasteiger partial charge in [0.25, 0.3) is 0 Å². The van der Waals surface area contributed by atoms with Gasteiger partial charge in [-0.05, 0) is 150 Å². The molecule has 8 aromatic rings. The van der Waals surface area contributed by atoms with E-state index in [9.17, 15) is 28.0 Å². The molecule has 13 nitrogen and oxygen atoms in total. The summed E-state index contributed by atoms with van der Waals surface area (Å²) in [5.74, 6) is -0.375. The van der Waals surface area contributed by atoms with Crippen LogP contribution in [0.1, 0.15) is 78.0 Å². The Morgan fingerprint density at radius 2 is 1.11 bits per heavy atom. The van der Waals surface area contributed by atoms with Crippen molar-refractivity contribution < 1.29 is 38.4 Å². The molecule has 2 aliphatic carbocycles. The minimum Gasteiger partial charge on any atom is -0.356 e. The van der Waals surface area contributed by atoms with Crippen LogP contribution >= 0.6 is 15.9 Å². The van der Waals surface area contributed by atoms with Crippen LogP contribution in [0.4, 0.5) is 14.5 Å². The van der Waals surface area contributed by atoms with Gasteiger partial charge in [-0.15, -0.1) is 0 Å². The fraction of sp³-hybridized carbons (Fsp3) is 0.288. The van der Waals surface area contributed by atoms with Gasteiger partial charge in [0.05, 0.1) is 35.0 Å². The predicted molar refractivity (Wildman–Crippen MR) is 290 cm³/mol. The lowest BCUT2D eigenvalue weighted by molar-refractivity contribution is -0.128. The maximum absolute atomic E-state index is 13.9. The molecule has 12 rings (SSSR count). The number of benzene rings is 6. The zero-order valence-electron chi connectivity index (χ0n) is 42.2. The average molecular weight is 1080 g/mol. The topological polar surface area (TPSA) is 186 Å². The molecule has 0 radical (unpaired) electrons. The molecule has 388 valence electrons. The zero-order chi connectivity index (χ0) is 53.2. The molecule has 4 aliphatic rings. The van der Waals surface area contributed by atoms with Crippen molar-refractivity contribution in [2.45, 2.75) is 77.5 Å². The number of hydrogen-bond acceptors (Lipinski definition) is 9. The van der Waals surface area contributed by atoms with Crippen molar-refractivity contribution in [2.24, 2.45) is 28.4 Å². The molecule has 4 fully saturated rings. The van der Waals surface area contributed by atoms with Crippen LogP contribution in [-0.4, -0.2) is 53.1 Å². The van der Waals surface area contributed by atoms with E-state index in [0.29, 0.717) is 22.5 Å². The van der Waals surface area contributed by atoms with Gasteiger partial charge in [-0.25, -0.2) is 8.78 Å². The van der Waals surface area contributed by atoms with Gasteiger partial charge >= 0.3 is 0 Å². The molecule has 4 atom stereocenters. The quantitative estimate of drug-likeness (QED) is 0.109. The Balaban J connectivity index is 0.000000162. The number of aromatic nitrogens is 2. The highest BCUT2D eigenvalue weighted by atomic mass is 79.9. The Kier molecular flexibility index (Phi) is 15.2. The second-order valence-electron chi connectivity index (χ2n) is 20.3. The molecule has 75 heavy (non-hydrogen) atoms. The maximum atomic E-state index is 13.9. The van der Waals surface area contributed by atoms with Gasteiger partial charge in [-0.1, -0.05) is 86.9 Å². The van der Waals surface area contributed by atoms with Crippen LogP contribution in [0, 0.1) is 34.3 Å². The van der Waals surface area contributed by atoms with E-state index < -0.39 is 16.9 Å². The minimum atomic E-state index is -0.819. The fourth-order valence-electron chi connectivity index (χ4n) is 9.66. The van der Waals surface area contributed by atoms with Gasteiger partial charge in [0.15, 0.2) is 11.2 Å². The van der Waals surface area contributed by atoms with Crippen molar-refractivity contribution in [3.8, 4) is 22.5 Å². The first-order valence-corrected chi connectivity index (χ1v) is 25.8. The van der Waals surface area contributed by atoms with Crippen molar-refractivity contribution in [1.82, 2.24) is 26.3 Å². The molecular formula is C59H60BrF2N7O6. The molecular weight excluding hydrogens is 1020 g/mol. The predicted octanol–water partition coefficient (Wildman–Crippen LogP) is 11.6. The summed E-state index contributed by atoms with van der Waals surface area (Å²) in [5.41, 5.74) is 9.89. The molecule has 2 saturated heterocycles. The van der Waals surface area contributed by atoms with Crippen LogP contribution in [0.5, 0.6) is 0 Å². The zero-order valence-corrected chi connectivity index (χ0v) is 43.7. The number of halogens is 3. The monoisotopic (exact) mass is 1080 g/mol. The summed E-state index contributed by atoms with van der Waals surface area (Å²) in [7, 11) is 1.50. The van der Waals surface area contributed by atoms with Crippen LogP contribution in [0.3, 0.4) is 0 Å². The number of hydrogen-bond donors (Lipinski definition) is 4. The second-order valence-corrected chi connectivity index (χ2v) is 21.2. The molecule has 5 N–H and O–H groups in total. The lowest BCUT2D eigenvalue weighted by Crippen LogP contribution is -2.46. The third-order valence-corrected chi connectivity index (χ3v) is 14.8. The Hall–Kier alpha value is -7.56. The molecule has 16 heteroatoms. The van der Waals surface area contributed by atoms with Gasteiger partial charge in [-0.2, -0.15) is 0 Å². The maximum Gasteiger partial charge on any atom is 0.235 e. The summed E-state index contributed by atoms with van der Waals surface area (Å²) in [6.45, 7) is 7.57. The number of nitrogens with one attached hydrogen (secondary N) is 3. The average Bonchev–Trinajstić information content (AvgIpc) is 4.35. The minimum absolute atomic E-state index is 0. The highest BCUT2D eigenvalue weighted by Crippen LogP contribution is 2.48. The highest BCUT2D eigenvalue weighted by Gasteiger charge is 2.56. The van der Waals surface area contributed by atoms with E-state index >= 15 is 0 Å². The molecule has 2 saturated carbocycles. The third kappa shape index (κ3) is 11.0. The summed E-state index contributed by atoms with van der Waals surface area (Å²) in [6, 6.07) is 42.0. The third-order valence-electron chi connectivity index (χ3n) is 14.3. The van der Waals surface area contributed by atoms with Crippen LogP contribution < -0.4 is 26.6 Å². The normalized spacial score (nSPS) is 20.2. The van der Waals surface area contributed by atoms with Crippen molar-refractivity contribution in [2.75, 3.05) is 11.9 Å². The smallest absolute Gasteiger partial charge is 0.235 e. The standard InChI is InChI=1S/C29H26FN3O3.C16H20N2O2.C13H7BrFNO.CH5N.H2/c1-29(2)26(31-27(34)19-8-9-19)25(18-6-4-3-5-7-18)33(28(29)35)21-14-15-22-23(16-21)36-32-24(22)17-10-12-20(30)13-11-17;1-16(2)13(18-14(19)11-8-9-11)12(17-15(16)20)10-6-4-3-5-7-10;14-9-3-6-11-12(7-9)17-16-13(11)8-1-4-10(15)5-2-8;1-2;/h3-7,10-16,19,25-26H,8-9H2,1-2H3,(H,31,34);3-7,11-13H,8-9H2,1-2H3,(H,17,20)(H,18,19);1-7H;2H2,1H3;1H/t25-,26-;12-,13-;;;/m11.../s1. The fourth-order valence-corrected chi connectivity index (χ4v) is 10.0. The molecule has 4 amide bonds. The molecule has 6 aromatic carbocycles. The molecule has 0 bridgehead atoms. The van der Waals surface area contributed by atoms with Crippen molar-refractivity contribution in [1.29, 1.82) is 0 Å². The van der Waals surface area contributed by atoms with Crippen molar-refractivity contribution >= 4 is 67.2 Å². The lowest BCUT2D eigenvalue weighted by atomic mass is 9.82. The number of nitrogens with zero attached hydrogens (tertiary/aromatic N) is 3. The van der Waals surface area contributed by atoms with Gasteiger partial charge in [0.1, 0.15) is 23.0 Å². The first-order valence-electron chi connectivity index (χ1n) is 25.0. The molecule has 0 spiro atoms. The molecule has 0 unspecified atom stereocenters. The van der Waals surface area contributed by atoms with Gasteiger partial charge in [-0.3, -0.25) is 19.2 Å². The summed E-state index contributed by atoms with van der Waals surface area (Å²) >= 11 is 3.37. The largest absolute Gasteiger partial charge is 0.356 e. The van der Waals surface area contributed by atoms with E-state index in [1.807, 2.05) is 125 Å². The van der Waals surface area contributed by atoms with Crippen molar-refractivity contribution in [3.05, 3.63) is 173 Å². The number of nitrogens with two attached hydrogens (primary N) is 1. The van der Waals surface area contributed by atoms with Crippen LogP contribution in [0.2, 0.25) is 0 Å². The second kappa shape index (κ2) is 21.7. The number of amides is 4. The van der Waals surface area contributed by atoms with Gasteiger partial charge in [0.2, 0.25) is 23.6 Å².